The summed E-state index contributed by atoms with van der Waals surface area (Å²) in [4.78, 5) is 10.2. The topological polar surface area (TPSA) is 25.8 Å². The van der Waals surface area contributed by atoms with Crippen LogP contribution >= 0.6 is 0 Å². The van der Waals surface area contributed by atoms with Gasteiger partial charge in [-0.1, -0.05) is 164 Å². The van der Waals surface area contributed by atoms with Gasteiger partial charge in [0, 0.05) is 16.7 Å². The third kappa shape index (κ3) is 4.41. The van der Waals surface area contributed by atoms with E-state index < -0.39 is 5.41 Å². The Bertz CT molecular complexity index is 2340. The Hall–Kier alpha value is -6.12. The van der Waals surface area contributed by atoms with Crippen LogP contribution < -0.4 is 0 Å². The van der Waals surface area contributed by atoms with Gasteiger partial charge in [-0.3, -0.25) is 0 Å². The van der Waals surface area contributed by atoms with Crippen LogP contribution in [0.3, 0.4) is 0 Å². The van der Waals surface area contributed by atoms with E-state index in [2.05, 4.69) is 158 Å². The molecule has 1 atom stereocenters. The number of fused-ring (bicyclic) bond motifs is 4. The molecule has 2 nitrogen and oxygen atoms in total. The number of nitrogens with zero attached hydrogens (tertiary/aromatic N) is 2. The Kier molecular flexibility index (Phi) is 6.39. The lowest BCUT2D eigenvalue weighted by molar-refractivity contribution is 0.770. The highest BCUT2D eigenvalue weighted by molar-refractivity contribution is 5.91. The van der Waals surface area contributed by atoms with Gasteiger partial charge in [-0.2, -0.15) is 0 Å². The predicted octanol–water partition coefficient (Wildman–Crippen LogP) is 11.0. The maximum absolute atomic E-state index is 5.20. The maximum Gasteiger partial charge on any atom is 0.160 e. The van der Waals surface area contributed by atoms with Crippen molar-refractivity contribution in [2.75, 3.05) is 0 Å². The lowest BCUT2D eigenvalue weighted by Crippen LogP contribution is -2.28. The molecule has 2 heteroatoms. The van der Waals surface area contributed by atoms with Crippen LogP contribution in [0.5, 0.6) is 0 Å². The maximum atomic E-state index is 5.20. The fourth-order valence-corrected chi connectivity index (χ4v) is 7.41. The van der Waals surface area contributed by atoms with Crippen molar-refractivity contribution in [3.05, 3.63) is 204 Å². The molecule has 0 aliphatic heterocycles. The molecule has 0 saturated carbocycles. The first-order valence-electron chi connectivity index (χ1n) is 16.1. The van der Waals surface area contributed by atoms with E-state index in [0.717, 1.165) is 33.9 Å². The van der Waals surface area contributed by atoms with Crippen LogP contribution in [0.2, 0.25) is 0 Å². The molecular formula is C45H30N2. The Labute approximate surface area is 274 Å². The zero-order valence-corrected chi connectivity index (χ0v) is 25.7. The normalized spacial score (nSPS) is 14.9. The molecule has 220 valence electrons. The number of hydrogen-bond acceptors (Lipinski definition) is 2. The molecule has 0 spiro atoms. The van der Waals surface area contributed by atoms with Gasteiger partial charge in [-0.25, -0.2) is 9.97 Å². The molecule has 1 unspecified atom stereocenters. The molecule has 0 bridgehead atoms. The second-order valence-electron chi connectivity index (χ2n) is 12.2. The minimum absolute atomic E-state index is 0.509. The summed E-state index contributed by atoms with van der Waals surface area (Å²) < 4.78 is 0. The largest absolute Gasteiger partial charge is 0.228 e. The van der Waals surface area contributed by atoms with E-state index in [1.54, 1.807) is 0 Å². The molecule has 0 fully saturated rings. The SMILES string of the molecule is c1ccc(-c2cc(-c3ccc4c(c3)C(c3ccccc3)(c3ccc5ccccc5c3)c3ccccc3-4)nc(-c3ccccc3)n2)cc1. The molecule has 9 rings (SSSR count). The summed E-state index contributed by atoms with van der Waals surface area (Å²) in [7, 11) is 0. The first-order chi connectivity index (χ1) is 23.3. The van der Waals surface area contributed by atoms with E-state index in [0.29, 0.717) is 0 Å². The highest BCUT2D eigenvalue weighted by Gasteiger charge is 2.46. The van der Waals surface area contributed by atoms with Crippen molar-refractivity contribution in [2.24, 2.45) is 0 Å². The Morgan fingerprint density at radius 3 is 1.70 bits per heavy atom. The highest BCUT2D eigenvalue weighted by Crippen LogP contribution is 2.57. The average molecular weight is 599 g/mol. The highest BCUT2D eigenvalue weighted by atomic mass is 14.9. The van der Waals surface area contributed by atoms with Crippen LogP contribution in [0.15, 0.2) is 182 Å². The number of benzene rings is 7. The summed E-state index contributed by atoms with van der Waals surface area (Å²) in [6.45, 7) is 0. The van der Waals surface area contributed by atoms with E-state index >= 15 is 0 Å². The van der Waals surface area contributed by atoms with E-state index in [1.807, 2.05) is 24.3 Å². The van der Waals surface area contributed by atoms with Crippen LogP contribution in [0.4, 0.5) is 0 Å². The molecule has 47 heavy (non-hydrogen) atoms. The lowest BCUT2D eigenvalue weighted by atomic mass is 9.67. The van der Waals surface area contributed by atoms with Gasteiger partial charge in [0.2, 0.25) is 0 Å². The standard InChI is InChI=1S/C45H30N2/c1-4-15-32(16-5-1)42-30-43(47-44(46-42)33-17-6-2-7-18-33)35-25-27-39-38-22-12-13-23-40(38)45(41(39)29-35,36-20-8-3-9-21-36)37-26-24-31-14-10-11-19-34(31)28-37/h1-30H. The summed E-state index contributed by atoms with van der Waals surface area (Å²) in [6, 6.07) is 65.1. The smallest absolute Gasteiger partial charge is 0.160 e. The fraction of sp³-hybridized carbons (Fsp3) is 0.0222. The van der Waals surface area contributed by atoms with Crippen LogP contribution in [0, 0.1) is 0 Å². The summed E-state index contributed by atoms with van der Waals surface area (Å²) >= 11 is 0. The molecule has 7 aromatic carbocycles. The van der Waals surface area contributed by atoms with Crippen molar-refractivity contribution in [1.82, 2.24) is 9.97 Å². The Balaban J connectivity index is 1.33. The van der Waals surface area contributed by atoms with Gasteiger partial charge in [-0.15, -0.1) is 0 Å². The van der Waals surface area contributed by atoms with E-state index in [9.17, 15) is 0 Å². The van der Waals surface area contributed by atoms with Crippen molar-refractivity contribution in [2.45, 2.75) is 5.41 Å². The van der Waals surface area contributed by atoms with Crippen molar-refractivity contribution in [3.8, 4) is 45.0 Å². The number of aromatic nitrogens is 2. The summed E-state index contributed by atoms with van der Waals surface area (Å²) in [5.74, 6) is 0.717. The monoisotopic (exact) mass is 598 g/mol. The quantitative estimate of drug-likeness (QED) is 0.197. The zero-order chi connectivity index (χ0) is 31.2. The molecule has 0 saturated heterocycles. The first kappa shape index (κ1) is 27.2. The molecule has 1 aliphatic rings. The third-order valence-electron chi connectivity index (χ3n) is 9.56. The summed E-state index contributed by atoms with van der Waals surface area (Å²) in [5.41, 5.74) is 12.0. The van der Waals surface area contributed by atoms with E-state index in [-0.39, 0.29) is 0 Å². The molecular weight excluding hydrogens is 569 g/mol. The van der Waals surface area contributed by atoms with Crippen LogP contribution in [-0.4, -0.2) is 9.97 Å². The summed E-state index contributed by atoms with van der Waals surface area (Å²) in [5, 5.41) is 2.47. The van der Waals surface area contributed by atoms with Crippen LogP contribution in [0.25, 0.3) is 55.8 Å². The fourth-order valence-electron chi connectivity index (χ4n) is 7.41. The molecule has 1 aliphatic carbocycles. The van der Waals surface area contributed by atoms with Crippen molar-refractivity contribution < 1.29 is 0 Å². The van der Waals surface area contributed by atoms with Gasteiger partial charge in [-0.05, 0) is 62.4 Å². The second-order valence-corrected chi connectivity index (χ2v) is 12.2. The van der Waals surface area contributed by atoms with Crippen molar-refractivity contribution in [1.29, 1.82) is 0 Å². The number of hydrogen-bond donors (Lipinski definition) is 0. The Morgan fingerprint density at radius 1 is 0.340 bits per heavy atom. The van der Waals surface area contributed by atoms with Crippen LogP contribution in [-0.2, 0) is 5.41 Å². The van der Waals surface area contributed by atoms with E-state index in [4.69, 9.17) is 9.97 Å². The molecule has 0 N–H and O–H groups in total. The van der Waals surface area contributed by atoms with Crippen molar-refractivity contribution >= 4 is 10.8 Å². The average Bonchev–Trinajstić information content (AvgIpc) is 3.46. The lowest BCUT2D eigenvalue weighted by Gasteiger charge is -2.34. The predicted molar refractivity (Wildman–Crippen MR) is 193 cm³/mol. The molecule has 1 aromatic heterocycles. The van der Waals surface area contributed by atoms with Gasteiger partial charge in [0.15, 0.2) is 5.82 Å². The second kappa shape index (κ2) is 11.0. The van der Waals surface area contributed by atoms with E-state index in [1.165, 1.54) is 44.2 Å². The van der Waals surface area contributed by atoms with Gasteiger partial charge < -0.3 is 0 Å². The summed E-state index contributed by atoms with van der Waals surface area (Å²) in [6.07, 6.45) is 0. The van der Waals surface area contributed by atoms with Gasteiger partial charge in [0.05, 0.1) is 16.8 Å². The first-order valence-corrected chi connectivity index (χ1v) is 16.1. The number of rotatable bonds is 5. The minimum Gasteiger partial charge on any atom is -0.228 e. The minimum atomic E-state index is -0.509. The third-order valence-corrected chi connectivity index (χ3v) is 9.56. The molecule has 0 amide bonds. The van der Waals surface area contributed by atoms with Gasteiger partial charge in [0.25, 0.3) is 0 Å². The molecule has 8 aromatic rings. The molecule has 0 radical (unpaired) electrons. The Morgan fingerprint density at radius 2 is 0.936 bits per heavy atom. The van der Waals surface area contributed by atoms with Gasteiger partial charge in [0.1, 0.15) is 0 Å². The van der Waals surface area contributed by atoms with Crippen LogP contribution in [0.1, 0.15) is 22.3 Å². The zero-order valence-electron chi connectivity index (χ0n) is 25.7. The molecule has 1 heterocycles. The van der Waals surface area contributed by atoms with Crippen molar-refractivity contribution in [3.63, 3.8) is 0 Å². The van der Waals surface area contributed by atoms with Gasteiger partial charge >= 0.3 is 0 Å².